The smallest absolute Gasteiger partial charge is 0.339 e. The van der Waals surface area contributed by atoms with E-state index < -0.39 is 0 Å². The summed E-state index contributed by atoms with van der Waals surface area (Å²) in [7, 11) is 0. The first kappa shape index (κ1) is 15.0. The van der Waals surface area contributed by atoms with Gasteiger partial charge in [-0.25, -0.2) is 9.78 Å². The van der Waals surface area contributed by atoms with Gasteiger partial charge in [-0.2, -0.15) is 0 Å². The number of benzene rings is 2. The largest absolute Gasteiger partial charge is 0.508 e. The van der Waals surface area contributed by atoms with Crippen molar-refractivity contribution in [2.24, 2.45) is 0 Å². The second kappa shape index (κ2) is 6.08. The third-order valence-electron chi connectivity index (χ3n) is 3.42. The molecule has 4 heteroatoms. The van der Waals surface area contributed by atoms with Gasteiger partial charge in [0.25, 0.3) is 0 Å². The van der Waals surface area contributed by atoms with Gasteiger partial charge in [-0.3, -0.25) is 0 Å². The topological polar surface area (TPSA) is 59.4 Å². The summed E-state index contributed by atoms with van der Waals surface area (Å²) in [5.74, 6) is -0.219. The van der Waals surface area contributed by atoms with Gasteiger partial charge in [0, 0.05) is 10.9 Å². The average Bonchev–Trinajstić information content (AvgIpc) is 2.53. The second-order valence-corrected chi connectivity index (χ2v) is 5.58. The molecule has 1 aromatic heterocycles. The number of ether oxygens (including phenoxy) is 1. The molecular weight excluding hydrogens is 290 g/mol. The summed E-state index contributed by atoms with van der Waals surface area (Å²) in [4.78, 5) is 17.0. The van der Waals surface area contributed by atoms with Crippen LogP contribution in [0.5, 0.6) is 5.75 Å². The minimum atomic E-state index is -0.375. The quantitative estimate of drug-likeness (QED) is 0.738. The SMILES string of the molecule is CC(C)OC(=O)c1cc(-c2cccc(O)c2)nc2ccccc12. The normalized spacial score (nSPS) is 10.9. The van der Waals surface area contributed by atoms with Crippen molar-refractivity contribution in [2.45, 2.75) is 20.0 Å². The second-order valence-electron chi connectivity index (χ2n) is 5.58. The highest BCUT2D eigenvalue weighted by atomic mass is 16.5. The number of hydrogen-bond acceptors (Lipinski definition) is 4. The summed E-state index contributed by atoms with van der Waals surface area (Å²) in [6, 6.07) is 16.0. The predicted molar refractivity (Wildman–Crippen MR) is 89.4 cm³/mol. The Labute approximate surface area is 134 Å². The van der Waals surface area contributed by atoms with Gasteiger partial charge in [0.1, 0.15) is 5.75 Å². The molecule has 0 saturated carbocycles. The van der Waals surface area contributed by atoms with Gasteiger partial charge >= 0.3 is 5.97 Å². The Balaban J connectivity index is 2.19. The van der Waals surface area contributed by atoms with Crippen molar-refractivity contribution < 1.29 is 14.6 Å². The monoisotopic (exact) mass is 307 g/mol. The summed E-state index contributed by atoms with van der Waals surface area (Å²) in [6.07, 6.45) is -0.196. The summed E-state index contributed by atoms with van der Waals surface area (Å²) < 4.78 is 5.34. The van der Waals surface area contributed by atoms with E-state index in [1.54, 1.807) is 24.3 Å². The van der Waals surface area contributed by atoms with Crippen LogP contribution in [0.2, 0.25) is 0 Å². The summed E-state index contributed by atoms with van der Waals surface area (Å²) in [6.45, 7) is 3.63. The molecule has 0 aliphatic heterocycles. The zero-order valence-corrected chi connectivity index (χ0v) is 13.0. The van der Waals surface area contributed by atoms with Crippen LogP contribution in [0.4, 0.5) is 0 Å². The lowest BCUT2D eigenvalue weighted by atomic mass is 10.0. The number of esters is 1. The van der Waals surface area contributed by atoms with E-state index in [1.165, 1.54) is 0 Å². The van der Waals surface area contributed by atoms with Crippen molar-refractivity contribution in [2.75, 3.05) is 0 Å². The molecular formula is C19H17NO3. The number of para-hydroxylation sites is 1. The van der Waals surface area contributed by atoms with Crippen molar-refractivity contribution in [3.63, 3.8) is 0 Å². The molecule has 23 heavy (non-hydrogen) atoms. The van der Waals surface area contributed by atoms with Gasteiger partial charge in [0.05, 0.1) is 22.9 Å². The number of rotatable bonds is 3. The Kier molecular flexibility index (Phi) is 3.98. The van der Waals surface area contributed by atoms with E-state index in [4.69, 9.17) is 4.74 Å². The van der Waals surface area contributed by atoms with Crippen LogP contribution in [-0.4, -0.2) is 22.2 Å². The van der Waals surface area contributed by atoms with E-state index >= 15 is 0 Å². The van der Waals surface area contributed by atoms with Crippen molar-refractivity contribution in [1.82, 2.24) is 4.98 Å². The molecule has 0 saturated heterocycles. The van der Waals surface area contributed by atoms with Gasteiger partial charge in [-0.1, -0.05) is 30.3 Å². The molecule has 3 aromatic rings. The van der Waals surface area contributed by atoms with Gasteiger partial charge in [0.2, 0.25) is 0 Å². The predicted octanol–water partition coefficient (Wildman–Crippen LogP) is 4.17. The number of fused-ring (bicyclic) bond motifs is 1. The van der Waals surface area contributed by atoms with Crippen LogP contribution in [-0.2, 0) is 4.74 Å². The molecule has 0 amide bonds. The molecule has 0 unspecified atom stereocenters. The summed E-state index contributed by atoms with van der Waals surface area (Å²) in [5.41, 5.74) is 2.55. The number of hydrogen-bond donors (Lipinski definition) is 1. The van der Waals surface area contributed by atoms with Crippen LogP contribution in [0, 0.1) is 0 Å². The van der Waals surface area contributed by atoms with Crippen molar-refractivity contribution in [1.29, 1.82) is 0 Å². The van der Waals surface area contributed by atoms with Crippen molar-refractivity contribution >= 4 is 16.9 Å². The summed E-state index contributed by atoms with van der Waals surface area (Å²) in [5, 5.41) is 10.4. The number of carbonyl (C=O) groups excluding carboxylic acids is 1. The van der Waals surface area contributed by atoms with Crippen LogP contribution < -0.4 is 0 Å². The number of phenols is 1. The minimum Gasteiger partial charge on any atom is -0.508 e. The third-order valence-corrected chi connectivity index (χ3v) is 3.42. The van der Waals surface area contributed by atoms with Gasteiger partial charge < -0.3 is 9.84 Å². The van der Waals surface area contributed by atoms with Crippen LogP contribution >= 0.6 is 0 Å². The first-order chi connectivity index (χ1) is 11.0. The molecule has 0 bridgehead atoms. The lowest BCUT2D eigenvalue weighted by Crippen LogP contribution is -2.12. The Bertz CT molecular complexity index is 871. The summed E-state index contributed by atoms with van der Waals surface area (Å²) >= 11 is 0. The Morgan fingerprint density at radius 1 is 1.09 bits per heavy atom. The maximum Gasteiger partial charge on any atom is 0.339 e. The average molecular weight is 307 g/mol. The molecule has 116 valence electrons. The molecule has 0 fully saturated rings. The van der Waals surface area contributed by atoms with E-state index in [2.05, 4.69) is 4.98 Å². The van der Waals surface area contributed by atoms with Crippen molar-refractivity contribution in [3.05, 3.63) is 60.2 Å². The molecule has 2 aromatic carbocycles. The van der Waals surface area contributed by atoms with Crippen LogP contribution in [0.1, 0.15) is 24.2 Å². The fourth-order valence-corrected chi connectivity index (χ4v) is 2.43. The minimum absolute atomic E-state index is 0.156. The first-order valence-corrected chi connectivity index (χ1v) is 7.45. The maximum atomic E-state index is 12.4. The Morgan fingerprint density at radius 2 is 1.87 bits per heavy atom. The zero-order chi connectivity index (χ0) is 16.4. The standard InChI is InChI=1S/C19H17NO3/c1-12(2)23-19(22)16-11-18(13-6-5-7-14(21)10-13)20-17-9-4-3-8-15(16)17/h3-12,21H,1-2H3. The number of carbonyl (C=O) groups is 1. The molecule has 0 spiro atoms. The van der Waals surface area contributed by atoms with E-state index in [-0.39, 0.29) is 17.8 Å². The molecule has 0 radical (unpaired) electrons. The molecule has 4 nitrogen and oxygen atoms in total. The highest BCUT2D eigenvalue weighted by Crippen LogP contribution is 2.27. The Hall–Kier alpha value is -2.88. The fourth-order valence-electron chi connectivity index (χ4n) is 2.43. The molecule has 1 heterocycles. The molecule has 0 atom stereocenters. The lowest BCUT2D eigenvalue weighted by Gasteiger charge is -2.12. The van der Waals surface area contributed by atoms with Crippen molar-refractivity contribution in [3.8, 4) is 17.0 Å². The number of nitrogens with zero attached hydrogens (tertiary/aromatic N) is 1. The first-order valence-electron chi connectivity index (χ1n) is 7.45. The van der Waals surface area contributed by atoms with E-state index in [1.807, 2.05) is 44.2 Å². The molecule has 0 aliphatic carbocycles. The number of phenolic OH excluding ortho intramolecular Hbond substituents is 1. The highest BCUT2D eigenvalue weighted by molar-refractivity contribution is 6.04. The van der Waals surface area contributed by atoms with Crippen LogP contribution in [0.15, 0.2) is 54.6 Å². The number of pyridine rings is 1. The zero-order valence-electron chi connectivity index (χ0n) is 13.0. The number of aromatic hydroxyl groups is 1. The van der Waals surface area contributed by atoms with E-state index in [9.17, 15) is 9.90 Å². The van der Waals surface area contributed by atoms with Crippen LogP contribution in [0.25, 0.3) is 22.2 Å². The van der Waals surface area contributed by atoms with E-state index in [0.717, 1.165) is 10.9 Å². The molecule has 1 N–H and O–H groups in total. The third kappa shape index (κ3) is 3.16. The highest BCUT2D eigenvalue weighted by Gasteiger charge is 2.16. The van der Waals surface area contributed by atoms with E-state index in [0.29, 0.717) is 16.8 Å². The van der Waals surface area contributed by atoms with Crippen LogP contribution in [0.3, 0.4) is 0 Å². The Morgan fingerprint density at radius 3 is 2.61 bits per heavy atom. The van der Waals surface area contributed by atoms with Gasteiger partial charge in [0.15, 0.2) is 0 Å². The number of aromatic nitrogens is 1. The van der Waals surface area contributed by atoms with Gasteiger partial charge in [-0.05, 0) is 38.1 Å². The fraction of sp³-hybridized carbons (Fsp3) is 0.158. The molecule has 0 aliphatic rings. The van der Waals surface area contributed by atoms with Gasteiger partial charge in [-0.15, -0.1) is 0 Å². The maximum absolute atomic E-state index is 12.4. The lowest BCUT2D eigenvalue weighted by molar-refractivity contribution is 0.0380. The molecule has 3 rings (SSSR count).